The number of carbonyl (C=O) groups excluding carboxylic acids is 1. The van der Waals surface area contributed by atoms with Gasteiger partial charge in [-0.25, -0.2) is 0 Å². The molecule has 1 aromatic heterocycles. The first-order valence-electron chi connectivity index (χ1n) is 4.29. The molecule has 78 valence electrons. The molecule has 0 aliphatic carbocycles. The van der Waals surface area contributed by atoms with E-state index in [1.807, 2.05) is 25.9 Å². The first-order valence-corrected chi connectivity index (χ1v) is 4.29. The zero-order chi connectivity index (χ0) is 10.6. The maximum atomic E-state index is 11.3. The van der Waals surface area contributed by atoms with E-state index < -0.39 is 0 Å². The molecule has 0 spiro atoms. The maximum absolute atomic E-state index is 11.3. The number of nitrogens with one attached hydrogen (secondary N) is 2. The number of nitrogens with zero attached hydrogens (tertiary/aromatic N) is 4. The molecule has 1 unspecified atom stereocenters. The molecule has 1 amide bonds. The van der Waals surface area contributed by atoms with Crippen molar-refractivity contribution in [3.8, 4) is 0 Å². The summed E-state index contributed by atoms with van der Waals surface area (Å²) in [5.41, 5.74) is 0. The summed E-state index contributed by atoms with van der Waals surface area (Å²) in [6.45, 7) is 2.57. The molecule has 1 heterocycles. The van der Waals surface area contributed by atoms with Crippen LogP contribution in [0.15, 0.2) is 0 Å². The van der Waals surface area contributed by atoms with Crippen LogP contribution in [0.5, 0.6) is 0 Å². The van der Waals surface area contributed by atoms with Gasteiger partial charge in [0.1, 0.15) is 0 Å². The van der Waals surface area contributed by atoms with Crippen LogP contribution in [0.1, 0.15) is 17.5 Å². The van der Waals surface area contributed by atoms with Crippen LogP contribution in [-0.4, -0.2) is 58.1 Å². The van der Waals surface area contributed by atoms with Crippen LogP contribution < -0.4 is 5.32 Å². The molecule has 1 atom stereocenters. The van der Waals surface area contributed by atoms with Crippen LogP contribution >= 0.6 is 0 Å². The normalized spacial score (nSPS) is 12.9. The number of aromatic nitrogens is 4. The van der Waals surface area contributed by atoms with Gasteiger partial charge in [-0.1, -0.05) is 0 Å². The summed E-state index contributed by atoms with van der Waals surface area (Å²) in [5, 5.41) is 15.4. The summed E-state index contributed by atoms with van der Waals surface area (Å²) >= 11 is 0. The number of carbonyl (C=O) groups is 1. The molecule has 0 radical (unpaired) electrons. The maximum Gasteiger partial charge on any atom is 0.292 e. The fraction of sp³-hybridized carbons (Fsp3) is 0.714. The van der Waals surface area contributed by atoms with Crippen LogP contribution in [0.2, 0.25) is 0 Å². The summed E-state index contributed by atoms with van der Waals surface area (Å²) in [4.78, 5) is 13.3. The zero-order valence-corrected chi connectivity index (χ0v) is 8.48. The number of hydrogen-bond donors (Lipinski definition) is 2. The molecule has 0 aliphatic rings. The van der Waals surface area contributed by atoms with Gasteiger partial charge in [0.25, 0.3) is 11.7 Å². The summed E-state index contributed by atoms with van der Waals surface area (Å²) in [6, 6.07) is 0.269. The first kappa shape index (κ1) is 10.6. The van der Waals surface area contributed by atoms with Gasteiger partial charge in [0, 0.05) is 12.6 Å². The van der Waals surface area contributed by atoms with Crippen LogP contribution in [0, 0.1) is 0 Å². The number of aromatic amines is 1. The van der Waals surface area contributed by atoms with Crippen molar-refractivity contribution in [2.45, 2.75) is 13.0 Å². The lowest BCUT2D eigenvalue weighted by molar-refractivity contribution is 0.0933. The SMILES string of the molecule is CC(CNC(=O)c1nn[nH]n1)N(C)C. The Labute approximate surface area is 81.9 Å². The molecule has 0 aromatic carbocycles. The lowest BCUT2D eigenvalue weighted by Gasteiger charge is -2.19. The molecule has 0 saturated heterocycles. The third-order valence-electron chi connectivity index (χ3n) is 1.99. The average molecular weight is 198 g/mol. The molecular weight excluding hydrogens is 184 g/mol. The Bertz CT molecular complexity index is 282. The monoisotopic (exact) mass is 198 g/mol. The molecule has 1 aromatic rings. The molecule has 0 aliphatic heterocycles. The molecule has 1 rings (SSSR count). The molecule has 0 saturated carbocycles. The fourth-order valence-corrected chi connectivity index (χ4v) is 0.760. The number of amides is 1. The summed E-state index contributed by atoms with van der Waals surface area (Å²) in [6.07, 6.45) is 0. The minimum atomic E-state index is -0.313. The minimum Gasteiger partial charge on any atom is -0.348 e. The van der Waals surface area contributed by atoms with Crippen molar-refractivity contribution in [3.05, 3.63) is 5.82 Å². The standard InChI is InChI=1S/C7H14N6O/c1-5(13(2)3)4-8-7(14)6-9-11-12-10-6/h5H,4H2,1-3H3,(H,8,14)(H,9,10,11,12). The zero-order valence-electron chi connectivity index (χ0n) is 8.48. The van der Waals surface area contributed by atoms with E-state index in [1.54, 1.807) is 0 Å². The second-order valence-corrected chi connectivity index (χ2v) is 3.26. The second kappa shape index (κ2) is 4.66. The first-order chi connectivity index (χ1) is 6.61. The molecular formula is C7H14N6O. The summed E-state index contributed by atoms with van der Waals surface area (Å²) in [5.74, 6) is -0.247. The molecule has 14 heavy (non-hydrogen) atoms. The van der Waals surface area contributed by atoms with Gasteiger partial charge in [-0.15, -0.1) is 10.2 Å². The van der Waals surface area contributed by atoms with Crippen molar-refractivity contribution in [1.82, 2.24) is 30.8 Å². The Morgan fingerprint density at radius 1 is 1.64 bits per heavy atom. The van der Waals surface area contributed by atoms with Gasteiger partial charge < -0.3 is 10.2 Å². The quantitative estimate of drug-likeness (QED) is 0.640. The van der Waals surface area contributed by atoms with Crippen molar-refractivity contribution in [1.29, 1.82) is 0 Å². The Hall–Kier alpha value is -1.50. The van der Waals surface area contributed by atoms with E-state index in [0.717, 1.165) is 0 Å². The largest absolute Gasteiger partial charge is 0.348 e. The van der Waals surface area contributed by atoms with Gasteiger partial charge in [-0.2, -0.15) is 5.21 Å². The van der Waals surface area contributed by atoms with E-state index in [2.05, 4.69) is 25.9 Å². The Balaban J connectivity index is 2.36. The number of rotatable bonds is 4. The summed E-state index contributed by atoms with van der Waals surface area (Å²) < 4.78 is 0. The Morgan fingerprint density at radius 2 is 2.36 bits per heavy atom. The highest BCUT2D eigenvalue weighted by molar-refractivity contribution is 5.89. The van der Waals surface area contributed by atoms with Crippen molar-refractivity contribution in [3.63, 3.8) is 0 Å². The lowest BCUT2D eigenvalue weighted by atomic mass is 10.3. The third-order valence-corrected chi connectivity index (χ3v) is 1.99. The van der Waals surface area contributed by atoms with Crippen molar-refractivity contribution < 1.29 is 4.79 Å². The molecule has 0 bridgehead atoms. The van der Waals surface area contributed by atoms with Gasteiger partial charge in [0.15, 0.2) is 0 Å². The highest BCUT2D eigenvalue weighted by Crippen LogP contribution is 1.89. The van der Waals surface area contributed by atoms with Crippen molar-refractivity contribution in [2.75, 3.05) is 20.6 Å². The van der Waals surface area contributed by atoms with Gasteiger partial charge in [0.2, 0.25) is 0 Å². The Morgan fingerprint density at radius 3 is 2.86 bits per heavy atom. The lowest BCUT2D eigenvalue weighted by Crippen LogP contribution is -2.38. The smallest absolute Gasteiger partial charge is 0.292 e. The fourth-order valence-electron chi connectivity index (χ4n) is 0.760. The Kier molecular flexibility index (Phi) is 3.52. The molecule has 2 N–H and O–H groups in total. The van der Waals surface area contributed by atoms with Gasteiger partial charge >= 0.3 is 0 Å². The number of likely N-dealkylation sites (N-methyl/N-ethyl adjacent to an activating group) is 1. The van der Waals surface area contributed by atoms with Crippen molar-refractivity contribution >= 4 is 5.91 Å². The summed E-state index contributed by atoms with van der Waals surface area (Å²) in [7, 11) is 3.90. The predicted octanol–water partition coefficient (Wildman–Crippen LogP) is -1.12. The average Bonchev–Trinajstić information content (AvgIpc) is 2.66. The number of hydrogen-bond acceptors (Lipinski definition) is 5. The van der Waals surface area contributed by atoms with E-state index in [1.165, 1.54) is 0 Å². The van der Waals surface area contributed by atoms with E-state index >= 15 is 0 Å². The van der Waals surface area contributed by atoms with Crippen molar-refractivity contribution in [2.24, 2.45) is 0 Å². The van der Waals surface area contributed by atoms with Crippen LogP contribution in [0.4, 0.5) is 0 Å². The minimum absolute atomic E-state index is 0.0657. The third kappa shape index (κ3) is 2.77. The highest BCUT2D eigenvalue weighted by Gasteiger charge is 2.12. The van der Waals surface area contributed by atoms with Crippen LogP contribution in [-0.2, 0) is 0 Å². The van der Waals surface area contributed by atoms with Crippen LogP contribution in [0.25, 0.3) is 0 Å². The second-order valence-electron chi connectivity index (χ2n) is 3.26. The molecule has 0 fully saturated rings. The molecule has 7 nitrogen and oxygen atoms in total. The van der Waals surface area contributed by atoms with E-state index in [4.69, 9.17) is 0 Å². The van der Waals surface area contributed by atoms with E-state index in [9.17, 15) is 4.79 Å². The predicted molar refractivity (Wildman–Crippen MR) is 49.7 cm³/mol. The van der Waals surface area contributed by atoms with Crippen LogP contribution in [0.3, 0.4) is 0 Å². The van der Waals surface area contributed by atoms with Gasteiger partial charge in [-0.05, 0) is 26.2 Å². The number of H-pyrrole nitrogens is 1. The number of tetrazole rings is 1. The molecule has 7 heteroatoms. The van der Waals surface area contributed by atoms with Gasteiger partial charge in [-0.3, -0.25) is 4.79 Å². The topological polar surface area (TPSA) is 86.8 Å². The van der Waals surface area contributed by atoms with E-state index in [0.29, 0.717) is 6.54 Å². The van der Waals surface area contributed by atoms with Gasteiger partial charge in [0.05, 0.1) is 0 Å². The highest BCUT2D eigenvalue weighted by atomic mass is 16.2. The van der Waals surface area contributed by atoms with E-state index in [-0.39, 0.29) is 17.8 Å².